The zero-order valence-electron chi connectivity index (χ0n) is 11.1. The Kier molecular flexibility index (Phi) is 3.26. The third kappa shape index (κ3) is 2.49. The molecule has 19 heavy (non-hydrogen) atoms. The summed E-state index contributed by atoms with van der Waals surface area (Å²) in [4.78, 5) is 0. The van der Waals surface area contributed by atoms with Crippen LogP contribution in [0.1, 0.15) is 35.6 Å². The lowest BCUT2D eigenvalue weighted by Crippen LogP contribution is -2.30. The van der Waals surface area contributed by atoms with Crippen LogP contribution in [0.15, 0.2) is 48.5 Å². The molecule has 2 aromatic carbocycles. The van der Waals surface area contributed by atoms with Gasteiger partial charge in [-0.2, -0.15) is 0 Å². The van der Waals surface area contributed by atoms with E-state index in [0.29, 0.717) is 11.7 Å². The Bertz CT molecular complexity index is 579. The van der Waals surface area contributed by atoms with Crippen LogP contribution in [0.4, 0.5) is 0 Å². The topological polar surface area (TPSA) is 32.3 Å². The van der Waals surface area contributed by atoms with Crippen LogP contribution in [0, 0.1) is 0 Å². The van der Waals surface area contributed by atoms with Gasteiger partial charge in [-0.15, -0.1) is 0 Å². The quantitative estimate of drug-likeness (QED) is 0.875. The molecule has 0 fully saturated rings. The molecule has 0 aromatic heterocycles. The minimum atomic E-state index is 0.264. The van der Waals surface area contributed by atoms with Gasteiger partial charge in [0.2, 0.25) is 0 Å². The molecule has 2 atom stereocenters. The molecule has 2 unspecified atom stereocenters. The summed E-state index contributed by atoms with van der Waals surface area (Å²) < 4.78 is 0. The van der Waals surface area contributed by atoms with Crippen molar-refractivity contribution in [2.75, 3.05) is 6.54 Å². The van der Waals surface area contributed by atoms with E-state index in [1.54, 1.807) is 6.07 Å². The van der Waals surface area contributed by atoms with Crippen molar-refractivity contribution in [2.45, 2.75) is 25.3 Å². The normalized spacial score (nSPS) is 18.5. The smallest absolute Gasteiger partial charge is 0.115 e. The van der Waals surface area contributed by atoms with Crippen molar-refractivity contribution in [3.8, 4) is 5.75 Å². The third-order valence-corrected chi connectivity index (χ3v) is 4.00. The number of phenolic OH excluding ortho intramolecular Hbond substituents is 1. The number of hydrogen-bond donors (Lipinski definition) is 2. The minimum Gasteiger partial charge on any atom is -0.508 e. The van der Waals surface area contributed by atoms with Gasteiger partial charge in [0.15, 0.2) is 0 Å². The molecule has 2 heteroatoms. The molecule has 0 radical (unpaired) electrons. The Labute approximate surface area is 114 Å². The molecule has 3 rings (SSSR count). The Hall–Kier alpha value is -1.80. The molecule has 0 spiro atoms. The predicted octanol–water partition coefficient (Wildman–Crippen LogP) is 3.38. The molecule has 0 bridgehead atoms. The number of rotatable bonds is 4. The summed E-state index contributed by atoms with van der Waals surface area (Å²) in [5, 5.41) is 13.1. The van der Waals surface area contributed by atoms with Gasteiger partial charge in [0.1, 0.15) is 5.75 Å². The van der Waals surface area contributed by atoms with E-state index in [-0.39, 0.29) is 6.04 Å². The van der Waals surface area contributed by atoms with Crippen LogP contribution in [0.3, 0.4) is 0 Å². The fraction of sp³-hybridized carbons (Fsp3) is 0.294. The molecule has 98 valence electrons. The number of fused-ring (bicyclic) bond motifs is 1. The fourth-order valence-corrected chi connectivity index (χ4v) is 2.78. The van der Waals surface area contributed by atoms with Gasteiger partial charge in [0, 0.05) is 18.5 Å². The largest absolute Gasteiger partial charge is 0.508 e. The van der Waals surface area contributed by atoms with Gasteiger partial charge in [0.05, 0.1) is 0 Å². The van der Waals surface area contributed by atoms with Gasteiger partial charge in [-0.1, -0.05) is 36.4 Å². The molecule has 0 saturated carbocycles. The second kappa shape index (κ2) is 5.06. The molecule has 0 amide bonds. The molecule has 0 saturated heterocycles. The lowest BCUT2D eigenvalue weighted by atomic mass is 9.77. The van der Waals surface area contributed by atoms with Crippen LogP contribution < -0.4 is 5.32 Å². The number of phenols is 1. The highest BCUT2D eigenvalue weighted by molar-refractivity contribution is 5.40. The van der Waals surface area contributed by atoms with Gasteiger partial charge >= 0.3 is 0 Å². The molecule has 1 aliphatic carbocycles. The summed E-state index contributed by atoms with van der Waals surface area (Å²) in [6.07, 6.45) is 1.18. The molecule has 0 heterocycles. The number of nitrogens with one attached hydrogen (secondary N) is 1. The van der Waals surface area contributed by atoms with E-state index in [9.17, 15) is 5.11 Å². The zero-order valence-corrected chi connectivity index (χ0v) is 11.1. The Balaban J connectivity index is 1.59. The molecule has 2 N–H and O–H groups in total. The maximum atomic E-state index is 9.50. The van der Waals surface area contributed by atoms with E-state index in [0.717, 1.165) is 12.1 Å². The second-order valence-corrected chi connectivity index (χ2v) is 5.32. The van der Waals surface area contributed by atoms with Crippen molar-refractivity contribution in [1.82, 2.24) is 5.32 Å². The predicted molar refractivity (Wildman–Crippen MR) is 77.4 cm³/mol. The number of hydrogen-bond acceptors (Lipinski definition) is 2. The Morgan fingerprint density at radius 3 is 2.84 bits per heavy atom. The van der Waals surface area contributed by atoms with Crippen molar-refractivity contribution in [3.05, 3.63) is 65.2 Å². The molecule has 0 aliphatic heterocycles. The van der Waals surface area contributed by atoms with Crippen LogP contribution in [-0.2, 0) is 6.42 Å². The zero-order chi connectivity index (χ0) is 13.2. The highest BCUT2D eigenvalue weighted by Crippen LogP contribution is 2.34. The van der Waals surface area contributed by atoms with Gasteiger partial charge < -0.3 is 10.4 Å². The highest BCUT2D eigenvalue weighted by Gasteiger charge is 2.25. The van der Waals surface area contributed by atoms with Crippen LogP contribution in [0.25, 0.3) is 0 Å². The minimum absolute atomic E-state index is 0.264. The molecule has 2 nitrogen and oxygen atoms in total. The lowest BCUT2D eigenvalue weighted by molar-refractivity contribution is 0.467. The van der Waals surface area contributed by atoms with Crippen LogP contribution >= 0.6 is 0 Å². The molecular weight excluding hydrogens is 234 g/mol. The van der Waals surface area contributed by atoms with Crippen molar-refractivity contribution >= 4 is 0 Å². The Morgan fingerprint density at radius 2 is 2.05 bits per heavy atom. The standard InChI is InChI=1S/C17H19NO/c1-12(13-6-4-7-16(19)10-13)18-11-15-9-14-5-2-3-8-17(14)15/h2-8,10,12,15,18-19H,9,11H2,1H3. The first kappa shape index (κ1) is 12.2. The first-order chi connectivity index (χ1) is 9.24. The van der Waals surface area contributed by atoms with Gasteiger partial charge in [-0.05, 0) is 42.2 Å². The first-order valence-corrected chi connectivity index (χ1v) is 6.84. The summed E-state index contributed by atoms with van der Waals surface area (Å²) in [5.74, 6) is 0.969. The second-order valence-electron chi connectivity index (χ2n) is 5.32. The van der Waals surface area contributed by atoms with Gasteiger partial charge in [-0.3, -0.25) is 0 Å². The summed E-state index contributed by atoms with van der Waals surface area (Å²) >= 11 is 0. The maximum Gasteiger partial charge on any atom is 0.115 e. The van der Waals surface area contributed by atoms with E-state index in [1.165, 1.54) is 17.5 Å². The summed E-state index contributed by atoms with van der Waals surface area (Å²) in [6, 6.07) is 16.4. The Morgan fingerprint density at radius 1 is 1.21 bits per heavy atom. The maximum absolute atomic E-state index is 9.50. The summed E-state index contributed by atoms with van der Waals surface area (Å²) in [6.45, 7) is 3.13. The van der Waals surface area contributed by atoms with Crippen molar-refractivity contribution in [2.24, 2.45) is 0 Å². The lowest BCUT2D eigenvalue weighted by Gasteiger charge is -2.31. The third-order valence-electron chi connectivity index (χ3n) is 4.00. The van der Waals surface area contributed by atoms with Crippen LogP contribution in [0.5, 0.6) is 5.75 Å². The molecule has 2 aromatic rings. The number of benzene rings is 2. The molecule has 1 aliphatic rings. The van der Waals surface area contributed by atoms with Crippen molar-refractivity contribution in [1.29, 1.82) is 0 Å². The first-order valence-electron chi connectivity index (χ1n) is 6.84. The van der Waals surface area contributed by atoms with Gasteiger partial charge in [0.25, 0.3) is 0 Å². The van der Waals surface area contributed by atoms with E-state index in [4.69, 9.17) is 0 Å². The average molecular weight is 253 g/mol. The van der Waals surface area contributed by atoms with Crippen molar-refractivity contribution in [3.63, 3.8) is 0 Å². The summed E-state index contributed by atoms with van der Waals surface area (Å²) in [5.41, 5.74) is 4.10. The fourth-order valence-electron chi connectivity index (χ4n) is 2.78. The highest BCUT2D eigenvalue weighted by atomic mass is 16.3. The SMILES string of the molecule is CC(NCC1Cc2ccccc21)c1cccc(O)c1. The van der Waals surface area contributed by atoms with Crippen LogP contribution in [-0.4, -0.2) is 11.7 Å². The monoisotopic (exact) mass is 253 g/mol. The van der Waals surface area contributed by atoms with E-state index in [1.807, 2.05) is 18.2 Å². The van der Waals surface area contributed by atoms with Crippen molar-refractivity contribution < 1.29 is 5.11 Å². The average Bonchev–Trinajstić information content (AvgIpc) is 2.39. The molecular formula is C17H19NO. The van der Waals surface area contributed by atoms with E-state index >= 15 is 0 Å². The van der Waals surface area contributed by atoms with Gasteiger partial charge in [-0.25, -0.2) is 0 Å². The van der Waals surface area contributed by atoms with E-state index in [2.05, 4.69) is 36.5 Å². The van der Waals surface area contributed by atoms with E-state index < -0.39 is 0 Å². The summed E-state index contributed by atoms with van der Waals surface area (Å²) in [7, 11) is 0. The number of aromatic hydroxyl groups is 1. The van der Waals surface area contributed by atoms with Crippen LogP contribution in [0.2, 0.25) is 0 Å².